The molecular weight excluding hydrogens is 296 g/mol. The van der Waals surface area contributed by atoms with Gasteiger partial charge in [-0.25, -0.2) is 0 Å². The van der Waals surface area contributed by atoms with Crippen molar-refractivity contribution in [2.24, 2.45) is 5.92 Å². The minimum atomic E-state index is -0.0581. The average Bonchev–Trinajstić information content (AvgIpc) is 2.98. The van der Waals surface area contributed by atoms with E-state index in [1.54, 1.807) is 6.20 Å². The van der Waals surface area contributed by atoms with Gasteiger partial charge in [0, 0.05) is 18.8 Å². The number of nitrogens with zero attached hydrogens (tertiary/aromatic N) is 3. The van der Waals surface area contributed by atoms with Crippen molar-refractivity contribution in [2.45, 2.75) is 32.4 Å². The molecule has 5 nitrogen and oxygen atoms in total. The molecule has 106 valence electrons. The van der Waals surface area contributed by atoms with Crippen molar-refractivity contribution in [1.29, 1.82) is 0 Å². The second-order valence-corrected chi connectivity index (χ2v) is 6.45. The Hall–Kier alpha value is -1.40. The summed E-state index contributed by atoms with van der Waals surface area (Å²) in [5, 5.41) is 13.3. The van der Waals surface area contributed by atoms with Crippen LogP contribution in [-0.2, 0) is 6.54 Å². The first kappa shape index (κ1) is 13.6. The van der Waals surface area contributed by atoms with Gasteiger partial charge in [-0.3, -0.25) is 9.48 Å². The Bertz CT molecular complexity index is 604. The second kappa shape index (κ2) is 5.54. The first-order valence-electron chi connectivity index (χ1n) is 6.52. The Labute approximate surface area is 125 Å². The van der Waals surface area contributed by atoms with Crippen LogP contribution in [0.3, 0.4) is 0 Å². The van der Waals surface area contributed by atoms with E-state index < -0.39 is 0 Å². The van der Waals surface area contributed by atoms with Crippen LogP contribution < -0.4 is 5.32 Å². The highest BCUT2D eigenvalue weighted by Crippen LogP contribution is 2.31. The van der Waals surface area contributed by atoms with E-state index >= 15 is 0 Å². The number of thiophene rings is 1. The molecule has 0 saturated heterocycles. The molecule has 3 rings (SSSR count). The topological polar surface area (TPSA) is 59.8 Å². The van der Waals surface area contributed by atoms with Gasteiger partial charge in [-0.05, 0) is 36.6 Å². The molecule has 0 aliphatic heterocycles. The summed E-state index contributed by atoms with van der Waals surface area (Å²) < 4.78 is 1.84. The van der Waals surface area contributed by atoms with Gasteiger partial charge in [-0.15, -0.1) is 16.4 Å². The van der Waals surface area contributed by atoms with E-state index in [9.17, 15) is 4.79 Å². The van der Waals surface area contributed by atoms with Gasteiger partial charge < -0.3 is 5.32 Å². The van der Waals surface area contributed by atoms with Crippen LogP contribution in [0.2, 0.25) is 5.02 Å². The number of carbonyl (C=O) groups excluding carboxylic acids is 1. The number of amides is 1. The summed E-state index contributed by atoms with van der Waals surface area (Å²) >= 11 is 7.50. The third kappa shape index (κ3) is 2.71. The largest absolute Gasteiger partial charge is 0.349 e. The predicted molar refractivity (Wildman–Crippen MR) is 78.1 cm³/mol. The quantitative estimate of drug-likeness (QED) is 0.944. The molecular formula is C13H15ClN4OS. The maximum absolute atomic E-state index is 12.1. The van der Waals surface area contributed by atoms with E-state index in [4.69, 9.17) is 11.6 Å². The van der Waals surface area contributed by atoms with Gasteiger partial charge in [-0.1, -0.05) is 16.8 Å². The zero-order chi connectivity index (χ0) is 14.1. The zero-order valence-corrected chi connectivity index (χ0v) is 12.6. The molecule has 7 heteroatoms. The summed E-state index contributed by atoms with van der Waals surface area (Å²) in [6.45, 7) is 2.78. The van der Waals surface area contributed by atoms with Crippen LogP contribution in [0.15, 0.2) is 17.8 Å². The molecule has 0 spiro atoms. The number of rotatable bonds is 4. The minimum absolute atomic E-state index is 0.0581. The Morgan fingerprint density at radius 1 is 1.60 bits per heavy atom. The van der Waals surface area contributed by atoms with Gasteiger partial charge in [-0.2, -0.15) is 0 Å². The van der Waals surface area contributed by atoms with Crippen LogP contribution in [0.4, 0.5) is 0 Å². The Balaban J connectivity index is 1.49. The van der Waals surface area contributed by atoms with E-state index in [1.807, 2.05) is 23.2 Å². The fraction of sp³-hybridized carbons (Fsp3) is 0.462. The number of aromatic nitrogens is 3. The first-order valence-corrected chi connectivity index (χ1v) is 7.78. The zero-order valence-electron chi connectivity index (χ0n) is 11.0. The fourth-order valence-electron chi connectivity index (χ4n) is 2.43. The number of nitrogens with one attached hydrogen (secondary N) is 1. The molecule has 0 radical (unpaired) electrons. The van der Waals surface area contributed by atoms with Gasteiger partial charge in [0.1, 0.15) is 4.88 Å². The van der Waals surface area contributed by atoms with Crippen molar-refractivity contribution in [3.8, 4) is 0 Å². The molecule has 0 bridgehead atoms. The minimum Gasteiger partial charge on any atom is -0.349 e. The SMILES string of the molecule is Cc1csc(C(=O)NC2CC(Cn3ccnn3)C2)c1Cl. The highest BCUT2D eigenvalue weighted by molar-refractivity contribution is 7.13. The maximum atomic E-state index is 12.1. The Morgan fingerprint density at radius 3 is 3.00 bits per heavy atom. The van der Waals surface area contributed by atoms with Crippen LogP contribution in [0.5, 0.6) is 0 Å². The summed E-state index contributed by atoms with van der Waals surface area (Å²) in [6, 6.07) is 0.245. The summed E-state index contributed by atoms with van der Waals surface area (Å²) in [7, 11) is 0. The molecule has 2 aromatic heterocycles. The number of halogens is 1. The number of carbonyl (C=O) groups is 1. The monoisotopic (exact) mass is 310 g/mol. The lowest BCUT2D eigenvalue weighted by atomic mass is 9.80. The van der Waals surface area contributed by atoms with E-state index in [0.717, 1.165) is 24.9 Å². The summed E-state index contributed by atoms with van der Waals surface area (Å²) in [6.07, 6.45) is 5.50. The molecule has 0 aromatic carbocycles. The summed E-state index contributed by atoms with van der Waals surface area (Å²) in [4.78, 5) is 12.7. The van der Waals surface area contributed by atoms with E-state index in [2.05, 4.69) is 15.6 Å². The van der Waals surface area contributed by atoms with Gasteiger partial charge >= 0.3 is 0 Å². The predicted octanol–water partition coefficient (Wildman–Crippen LogP) is 2.51. The maximum Gasteiger partial charge on any atom is 0.263 e. The number of aryl methyl sites for hydroxylation is 1. The summed E-state index contributed by atoms with van der Waals surface area (Å²) in [5.74, 6) is 0.500. The van der Waals surface area contributed by atoms with Gasteiger partial charge in [0.25, 0.3) is 5.91 Å². The molecule has 1 amide bonds. The highest BCUT2D eigenvalue weighted by Gasteiger charge is 2.31. The average molecular weight is 311 g/mol. The molecule has 1 fully saturated rings. The van der Waals surface area contributed by atoms with Crippen LogP contribution in [0.25, 0.3) is 0 Å². The molecule has 0 atom stereocenters. The van der Waals surface area contributed by atoms with Gasteiger partial charge in [0.15, 0.2) is 0 Å². The molecule has 2 aromatic rings. The first-order chi connectivity index (χ1) is 9.63. The second-order valence-electron chi connectivity index (χ2n) is 5.19. The third-order valence-electron chi connectivity index (χ3n) is 3.59. The lowest BCUT2D eigenvalue weighted by molar-refractivity contribution is 0.0883. The van der Waals surface area contributed by atoms with Crippen molar-refractivity contribution < 1.29 is 4.79 Å². The van der Waals surface area contributed by atoms with Crippen molar-refractivity contribution in [3.05, 3.63) is 33.2 Å². The molecule has 1 saturated carbocycles. The third-order valence-corrected chi connectivity index (χ3v) is 5.29. The fourth-order valence-corrected chi connectivity index (χ4v) is 3.61. The van der Waals surface area contributed by atoms with E-state index in [1.165, 1.54) is 11.3 Å². The van der Waals surface area contributed by atoms with Crippen molar-refractivity contribution in [2.75, 3.05) is 0 Å². The van der Waals surface area contributed by atoms with Crippen LogP contribution in [-0.4, -0.2) is 26.9 Å². The van der Waals surface area contributed by atoms with Gasteiger partial charge in [0.05, 0.1) is 11.2 Å². The Morgan fingerprint density at radius 2 is 2.40 bits per heavy atom. The van der Waals surface area contributed by atoms with Crippen molar-refractivity contribution in [1.82, 2.24) is 20.3 Å². The normalized spacial score (nSPS) is 21.5. The van der Waals surface area contributed by atoms with Crippen LogP contribution in [0.1, 0.15) is 28.1 Å². The number of hydrogen-bond acceptors (Lipinski definition) is 4. The lowest BCUT2D eigenvalue weighted by Crippen LogP contribution is -2.45. The molecule has 2 heterocycles. The van der Waals surface area contributed by atoms with E-state index in [-0.39, 0.29) is 11.9 Å². The van der Waals surface area contributed by atoms with E-state index in [0.29, 0.717) is 15.8 Å². The summed E-state index contributed by atoms with van der Waals surface area (Å²) in [5.41, 5.74) is 0.958. The molecule has 1 N–H and O–H groups in total. The molecule has 20 heavy (non-hydrogen) atoms. The van der Waals surface area contributed by atoms with Crippen molar-refractivity contribution in [3.63, 3.8) is 0 Å². The smallest absolute Gasteiger partial charge is 0.263 e. The lowest BCUT2D eigenvalue weighted by Gasteiger charge is -2.35. The van der Waals surface area contributed by atoms with Crippen molar-refractivity contribution >= 4 is 28.8 Å². The molecule has 1 aliphatic rings. The standard InChI is InChI=1S/C13H15ClN4OS/c1-8-7-20-12(11(8)14)13(19)16-10-4-9(5-10)6-18-3-2-15-17-18/h2-3,7,9-10H,4-6H2,1H3,(H,16,19). The van der Waals surface area contributed by atoms with Crippen LogP contribution >= 0.6 is 22.9 Å². The molecule has 0 unspecified atom stereocenters. The Kier molecular flexibility index (Phi) is 3.76. The molecule has 1 aliphatic carbocycles. The van der Waals surface area contributed by atoms with Gasteiger partial charge in [0.2, 0.25) is 0 Å². The van der Waals surface area contributed by atoms with Crippen LogP contribution in [0, 0.1) is 12.8 Å². The number of hydrogen-bond donors (Lipinski definition) is 1. The highest BCUT2D eigenvalue weighted by atomic mass is 35.5.